The van der Waals surface area contributed by atoms with Gasteiger partial charge in [-0.15, -0.1) is 0 Å². The second-order valence-corrected chi connectivity index (χ2v) is 8.77. The maximum Gasteiger partial charge on any atom is 0.243 e. The number of morpholine rings is 1. The van der Waals surface area contributed by atoms with Crippen LogP contribution in [-0.2, 0) is 21.2 Å². The quantitative estimate of drug-likeness (QED) is 0.760. The molecule has 0 saturated carbocycles. The molecule has 1 saturated heterocycles. The molecule has 1 aliphatic rings. The zero-order valence-corrected chi connectivity index (χ0v) is 17.0. The molecule has 2 aromatic rings. The second kappa shape index (κ2) is 8.42. The minimum Gasteiger partial charge on any atom is -0.494 e. The van der Waals surface area contributed by atoms with Crippen LogP contribution in [0.5, 0.6) is 5.75 Å². The summed E-state index contributed by atoms with van der Waals surface area (Å²) in [7, 11) is -3.57. The Kier molecular flexibility index (Phi) is 6.19. The summed E-state index contributed by atoms with van der Waals surface area (Å²) < 4.78 is 39.5. The van der Waals surface area contributed by atoms with Crippen molar-refractivity contribution in [2.45, 2.75) is 38.2 Å². The van der Waals surface area contributed by atoms with Crippen LogP contribution < -0.4 is 4.74 Å². The molecule has 6 heteroatoms. The minimum absolute atomic E-state index is 0.139. The number of nitrogens with zero attached hydrogens (tertiary/aromatic N) is 1. The zero-order valence-electron chi connectivity index (χ0n) is 16.1. The van der Waals surface area contributed by atoms with E-state index in [1.807, 2.05) is 57.2 Å². The first-order valence-corrected chi connectivity index (χ1v) is 10.8. The third-order valence-electron chi connectivity index (χ3n) is 4.80. The molecule has 1 aliphatic heterocycles. The van der Waals surface area contributed by atoms with Crippen molar-refractivity contribution in [2.75, 3.05) is 26.3 Å². The van der Waals surface area contributed by atoms with E-state index in [1.165, 1.54) is 0 Å². The lowest BCUT2D eigenvalue weighted by Gasteiger charge is -2.32. The van der Waals surface area contributed by atoms with E-state index >= 15 is 0 Å². The molecule has 5 nitrogen and oxygen atoms in total. The summed E-state index contributed by atoms with van der Waals surface area (Å²) in [4.78, 5) is 0.351. The summed E-state index contributed by atoms with van der Waals surface area (Å²) in [5.41, 5.74) is 2.68. The smallest absolute Gasteiger partial charge is 0.243 e. The lowest BCUT2D eigenvalue weighted by molar-refractivity contribution is -0.000507. The number of benzene rings is 2. The van der Waals surface area contributed by atoms with Gasteiger partial charge in [-0.25, -0.2) is 8.42 Å². The summed E-state index contributed by atoms with van der Waals surface area (Å²) in [6, 6.07) is 13.6. The van der Waals surface area contributed by atoms with E-state index < -0.39 is 10.0 Å². The van der Waals surface area contributed by atoms with Gasteiger partial charge in [0.1, 0.15) is 5.75 Å². The van der Waals surface area contributed by atoms with Crippen LogP contribution >= 0.6 is 0 Å². The maximum absolute atomic E-state index is 13.3. The Balaban J connectivity index is 1.81. The first kappa shape index (κ1) is 19.9. The molecule has 0 spiro atoms. The van der Waals surface area contributed by atoms with E-state index in [4.69, 9.17) is 9.47 Å². The average molecular weight is 390 g/mol. The SMILES string of the molecule is CCOc1cc(C)c(S(=O)(=O)N2CCOC(Cc3ccccc3)C2)cc1C. The largest absolute Gasteiger partial charge is 0.494 e. The molecule has 1 unspecified atom stereocenters. The Bertz CT molecular complexity index is 881. The molecule has 146 valence electrons. The van der Waals surface area contributed by atoms with Crippen LogP contribution in [0.2, 0.25) is 0 Å². The Morgan fingerprint density at radius 2 is 1.89 bits per heavy atom. The average Bonchev–Trinajstić information content (AvgIpc) is 2.65. The van der Waals surface area contributed by atoms with E-state index in [2.05, 4.69) is 0 Å². The third-order valence-corrected chi connectivity index (χ3v) is 6.81. The van der Waals surface area contributed by atoms with Gasteiger partial charge in [0.2, 0.25) is 10.0 Å². The number of sulfonamides is 1. The van der Waals surface area contributed by atoms with Crippen molar-refractivity contribution in [3.05, 3.63) is 59.2 Å². The number of hydrogen-bond donors (Lipinski definition) is 0. The number of ether oxygens (including phenoxy) is 2. The van der Waals surface area contributed by atoms with Gasteiger partial charge in [0.15, 0.2) is 0 Å². The van der Waals surface area contributed by atoms with Crippen molar-refractivity contribution in [1.82, 2.24) is 4.31 Å². The predicted octanol–water partition coefficient (Wildman–Crippen LogP) is 3.33. The molecule has 3 rings (SSSR count). The molecule has 0 N–H and O–H groups in total. The van der Waals surface area contributed by atoms with Gasteiger partial charge in [0.25, 0.3) is 0 Å². The first-order chi connectivity index (χ1) is 12.9. The van der Waals surface area contributed by atoms with Crippen LogP contribution in [0.15, 0.2) is 47.4 Å². The predicted molar refractivity (Wildman–Crippen MR) is 106 cm³/mol. The van der Waals surface area contributed by atoms with Crippen LogP contribution in [0.4, 0.5) is 0 Å². The summed E-state index contributed by atoms with van der Waals surface area (Å²) in [5.74, 6) is 0.734. The van der Waals surface area contributed by atoms with E-state index in [0.29, 0.717) is 43.2 Å². The highest BCUT2D eigenvalue weighted by Crippen LogP contribution is 2.29. The normalized spacial score (nSPS) is 18.4. The maximum atomic E-state index is 13.3. The molecule has 0 aromatic heterocycles. The summed E-state index contributed by atoms with van der Waals surface area (Å²) >= 11 is 0. The summed E-state index contributed by atoms with van der Waals surface area (Å²) in [6.45, 7) is 7.31. The number of hydrogen-bond acceptors (Lipinski definition) is 4. The van der Waals surface area contributed by atoms with Crippen molar-refractivity contribution in [3.8, 4) is 5.75 Å². The second-order valence-electron chi connectivity index (χ2n) is 6.86. The fourth-order valence-corrected chi connectivity index (χ4v) is 5.15. The number of rotatable bonds is 6. The molecular weight excluding hydrogens is 362 g/mol. The highest BCUT2D eigenvalue weighted by Gasteiger charge is 2.32. The van der Waals surface area contributed by atoms with Crippen molar-refractivity contribution in [1.29, 1.82) is 0 Å². The zero-order chi connectivity index (χ0) is 19.4. The fourth-order valence-electron chi connectivity index (χ4n) is 3.40. The molecular formula is C21H27NO4S. The fraction of sp³-hybridized carbons (Fsp3) is 0.429. The molecule has 0 radical (unpaired) electrons. The van der Waals surface area contributed by atoms with E-state index in [-0.39, 0.29) is 6.10 Å². The van der Waals surface area contributed by atoms with Gasteiger partial charge in [0.05, 0.1) is 24.2 Å². The topological polar surface area (TPSA) is 55.8 Å². The van der Waals surface area contributed by atoms with Gasteiger partial charge >= 0.3 is 0 Å². The molecule has 2 aromatic carbocycles. The monoisotopic (exact) mass is 389 g/mol. The van der Waals surface area contributed by atoms with Crippen LogP contribution in [-0.4, -0.2) is 45.1 Å². The molecule has 0 bridgehead atoms. The Morgan fingerprint density at radius 1 is 1.15 bits per heavy atom. The highest BCUT2D eigenvalue weighted by atomic mass is 32.2. The molecule has 0 aliphatic carbocycles. The Morgan fingerprint density at radius 3 is 2.59 bits per heavy atom. The molecule has 0 amide bonds. The van der Waals surface area contributed by atoms with Crippen molar-refractivity contribution in [3.63, 3.8) is 0 Å². The minimum atomic E-state index is -3.57. The van der Waals surface area contributed by atoms with E-state index in [9.17, 15) is 8.42 Å². The van der Waals surface area contributed by atoms with E-state index in [1.54, 1.807) is 10.4 Å². The molecule has 1 heterocycles. The molecule has 27 heavy (non-hydrogen) atoms. The van der Waals surface area contributed by atoms with Crippen molar-refractivity contribution >= 4 is 10.0 Å². The lowest BCUT2D eigenvalue weighted by Crippen LogP contribution is -2.46. The van der Waals surface area contributed by atoms with Gasteiger partial charge in [-0.1, -0.05) is 30.3 Å². The number of aryl methyl sites for hydroxylation is 2. The van der Waals surface area contributed by atoms with Crippen LogP contribution in [0, 0.1) is 13.8 Å². The van der Waals surface area contributed by atoms with Crippen LogP contribution in [0.3, 0.4) is 0 Å². The molecule has 1 fully saturated rings. The summed E-state index contributed by atoms with van der Waals surface area (Å²) in [5, 5.41) is 0. The van der Waals surface area contributed by atoms with Gasteiger partial charge in [-0.05, 0) is 56.0 Å². The molecule has 1 atom stereocenters. The lowest BCUT2D eigenvalue weighted by atomic mass is 10.1. The van der Waals surface area contributed by atoms with Crippen molar-refractivity contribution in [2.24, 2.45) is 0 Å². The van der Waals surface area contributed by atoms with E-state index in [0.717, 1.165) is 16.9 Å². The van der Waals surface area contributed by atoms with Crippen molar-refractivity contribution < 1.29 is 17.9 Å². The third kappa shape index (κ3) is 4.51. The first-order valence-electron chi connectivity index (χ1n) is 9.31. The van der Waals surface area contributed by atoms with Crippen LogP contribution in [0.25, 0.3) is 0 Å². The Labute approximate surface area is 162 Å². The standard InChI is InChI=1S/C21H27NO4S/c1-4-25-20-12-17(3)21(13-16(20)2)27(23,24)22-10-11-26-19(15-22)14-18-8-6-5-7-9-18/h5-9,12-13,19H,4,10-11,14-15H2,1-3H3. The van der Waals surface area contributed by atoms with Gasteiger partial charge in [-0.2, -0.15) is 4.31 Å². The van der Waals surface area contributed by atoms with Gasteiger partial charge in [-0.3, -0.25) is 0 Å². The van der Waals surface area contributed by atoms with Gasteiger partial charge < -0.3 is 9.47 Å². The Hall–Kier alpha value is -1.89. The van der Waals surface area contributed by atoms with Gasteiger partial charge in [0, 0.05) is 13.1 Å². The van der Waals surface area contributed by atoms with Crippen LogP contribution in [0.1, 0.15) is 23.6 Å². The highest BCUT2D eigenvalue weighted by molar-refractivity contribution is 7.89. The summed E-state index contributed by atoms with van der Waals surface area (Å²) in [6.07, 6.45) is 0.564.